The molecule has 0 aliphatic rings. The van der Waals surface area contributed by atoms with Crippen LogP contribution in [0.1, 0.15) is 51.0 Å². The summed E-state index contributed by atoms with van der Waals surface area (Å²) in [4.78, 5) is 4.61. The molecule has 2 aromatic rings. The van der Waals surface area contributed by atoms with Gasteiger partial charge in [0.15, 0.2) is 0 Å². The number of halogens is 2. The summed E-state index contributed by atoms with van der Waals surface area (Å²) in [6.07, 6.45) is 2.96. The molecule has 1 aromatic carbocycles. The van der Waals surface area contributed by atoms with Gasteiger partial charge in [-0.15, -0.1) is 11.6 Å². The van der Waals surface area contributed by atoms with Gasteiger partial charge in [0.2, 0.25) is 0 Å². The van der Waals surface area contributed by atoms with Gasteiger partial charge in [-0.3, -0.25) is 0 Å². The van der Waals surface area contributed by atoms with Gasteiger partial charge in [-0.2, -0.15) is 0 Å². The highest BCUT2D eigenvalue weighted by Gasteiger charge is 2.21. The van der Waals surface area contributed by atoms with Gasteiger partial charge in [0, 0.05) is 24.4 Å². The number of imidazole rings is 1. The van der Waals surface area contributed by atoms with Gasteiger partial charge in [0.05, 0.1) is 11.0 Å². The predicted octanol–water partition coefficient (Wildman–Crippen LogP) is 5.26. The Kier molecular flexibility index (Phi) is 5.26. The van der Waals surface area contributed by atoms with Crippen molar-refractivity contribution in [3.63, 3.8) is 0 Å². The lowest BCUT2D eigenvalue weighted by Gasteiger charge is -2.25. The molecule has 2 nitrogen and oxygen atoms in total. The van der Waals surface area contributed by atoms with Gasteiger partial charge in [0.1, 0.15) is 11.6 Å². The molecule has 0 N–H and O–H groups in total. The molecule has 1 heterocycles. The highest BCUT2D eigenvalue weighted by atomic mass is 35.5. The first-order valence-electron chi connectivity index (χ1n) is 7.76. The molecule has 0 amide bonds. The normalized spacial score (nSPS) is 13.3. The number of alkyl halides is 1. The van der Waals surface area contributed by atoms with Crippen LogP contribution in [0, 0.1) is 18.7 Å². The Bertz CT molecular complexity index is 617. The monoisotopic (exact) mass is 310 g/mol. The topological polar surface area (TPSA) is 17.8 Å². The van der Waals surface area contributed by atoms with Crippen molar-refractivity contribution in [2.75, 3.05) is 5.88 Å². The average Bonchev–Trinajstić information content (AvgIpc) is 2.78. The van der Waals surface area contributed by atoms with Crippen LogP contribution in [0.2, 0.25) is 0 Å². The van der Waals surface area contributed by atoms with Gasteiger partial charge in [0.25, 0.3) is 0 Å². The van der Waals surface area contributed by atoms with Crippen molar-refractivity contribution in [1.29, 1.82) is 0 Å². The first-order valence-corrected chi connectivity index (χ1v) is 8.29. The van der Waals surface area contributed by atoms with E-state index < -0.39 is 0 Å². The van der Waals surface area contributed by atoms with Crippen LogP contribution in [0.15, 0.2) is 12.1 Å². The fraction of sp³-hybridized carbons (Fsp3) is 0.588. The lowest BCUT2D eigenvalue weighted by molar-refractivity contribution is 0.333. The third-order valence-electron chi connectivity index (χ3n) is 4.50. The number of hydrogen-bond donors (Lipinski definition) is 0. The van der Waals surface area contributed by atoms with Crippen molar-refractivity contribution in [2.24, 2.45) is 5.92 Å². The van der Waals surface area contributed by atoms with Crippen LogP contribution in [-0.4, -0.2) is 15.4 Å². The van der Waals surface area contributed by atoms with Crippen LogP contribution in [0.25, 0.3) is 11.0 Å². The molecule has 0 bridgehead atoms. The first-order chi connectivity index (χ1) is 10.0. The predicted molar refractivity (Wildman–Crippen MR) is 87.6 cm³/mol. The summed E-state index contributed by atoms with van der Waals surface area (Å²) in [6, 6.07) is 3.79. The van der Waals surface area contributed by atoms with E-state index in [9.17, 15) is 4.39 Å². The standard InChI is InChI=1S/C17H24ClFN2/c1-5-13(6-2)12(4)21-16-9-11(3)14(19)10-15(16)20-17(21)7-8-18/h9-10,12-13H,5-8H2,1-4H3. The first kappa shape index (κ1) is 16.3. The smallest absolute Gasteiger partial charge is 0.128 e. The third-order valence-corrected chi connectivity index (χ3v) is 4.69. The summed E-state index contributed by atoms with van der Waals surface area (Å²) in [5.74, 6) is 1.88. The van der Waals surface area contributed by atoms with E-state index in [1.165, 1.54) is 0 Å². The Morgan fingerprint density at radius 2 is 1.95 bits per heavy atom. The molecular weight excluding hydrogens is 287 g/mol. The Labute approximate surface area is 131 Å². The van der Waals surface area contributed by atoms with E-state index in [0.29, 0.717) is 29.8 Å². The Morgan fingerprint density at radius 3 is 2.52 bits per heavy atom. The Hall–Kier alpha value is -1.09. The molecule has 1 aromatic heterocycles. The van der Waals surface area contributed by atoms with Crippen LogP contribution < -0.4 is 0 Å². The lowest BCUT2D eigenvalue weighted by Crippen LogP contribution is -2.18. The molecule has 0 spiro atoms. The molecule has 4 heteroatoms. The third kappa shape index (κ3) is 3.08. The molecule has 2 rings (SSSR count). The van der Waals surface area contributed by atoms with E-state index in [-0.39, 0.29) is 5.82 Å². The second kappa shape index (κ2) is 6.78. The molecule has 0 radical (unpaired) electrons. The fourth-order valence-corrected chi connectivity index (χ4v) is 3.34. The van der Waals surface area contributed by atoms with Crippen LogP contribution in [-0.2, 0) is 6.42 Å². The minimum atomic E-state index is -0.195. The highest BCUT2D eigenvalue weighted by Crippen LogP contribution is 2.31. The van der Waals surface area contributed by atoms with Gasteiger partial charge < -0.3 is 4.57 Å². The second-order valence-electron chi connectivity index (χ2n) is 5.74. The van der Waals surface area contributed by atoms with E-state index in [4.69, 9.17) is 11.6 Å². The van der Waals surface area contributed by atoms with Gasteiger partial charge >= 0.3 is 0 Å². The molecule has 1 atom stereocenters. The zero-order valence-electron chi connectivity index (χ0n) is 13.3. The minimum Gasteiger partial charge on any atom is -0.325 e. The maximum absolute atomic E-state index is 13.8. The van der Waals surface area contributed by atoms with E-state index in [1.54, 1.807) is 13.0 Å². The molecule has 116 valence electrons. The molecule has 0 saturated heterocycles. The van der Waals surface area contributed by atoms with Gasteiger partial charge in [-0.05, 0) is 31.4 Å². The van der Waals surface area contributed by atoms with Crippen molar-refractivity contribution in [2.45, 2.75) is 53.0 Å². The summed E-state index contributed by atoms with van der Waals surface area (Å²) in [5, 5.41) is 0. The molecule has 0 fully saturated rings. The van der Waals surface area contributed by atoms with E-state index >= 15 is 0 Å². The quantitative estimate of drug-likeness (QED) is 0.665. The number of benzene rings is 1. The van der Waals surface area contributed by atoms with Crippen LogP contribution >= 0.6 is 11.6 Å². The number of rotatable bonds is 6. The Balaban J connectivity index is 2.62. The van der Waals surface area contributed by atoms with E-state index in [2.05, 4.69) is 30.3 Å². The number of hydrogen-bond acceptors (Lipinski definition) is 1. The second-order valence-corrected chi connectivity index (χ2v) is 6.12. The van der Waals surface area contributed by atoms with Gasteiger partial charge in [-0.1, -0.05) is 26.7 Å². The molecular formula is C17H24ClFN2. The summed E-state index contributed by atoms with van der Waals surface area (Å²) in [5.41, 5.74) is 2.42. The lowest BCUT2D eigenvalue weighted by atomic mass is 9.95. The molecule has 0 aliphatic carbocycles. The summed E-state index contributed by atoms with van der Waals surface area (Å²) >= 11 is 5.92. The Morgan fingerprint density at radius 1 is 1.29 bits per heavy atom. The summed E-state index contributed by atoms with van der Waals surface area (Å²) < 4.78 is 16.1. The van der Waals surface area contributed by atoms with Crippen molar-refractivity contribution < 1.29 is 4.39 Å². The highest BCUT2D eigenvalue weighted by molar-refractivity contribution is 6.17. The largest absolute Gasteiger partial charge is 0.325 e. The van der Waals surface area contributed by atoms with E-state index in [0.717, 1.165) is 29.7 Å². The molecule has 21 heavy (non-hydrogen) atoms. The molecule has 0 saturated carbocycles. The zero-order valence-corrected chi connectivity index (χ0v) is 14.0. The zero-order chi connectivity index (χ0) is 15.6. The van der Waals surface area contributed by atoms with Crippen LogP contribution in [0.5, 0.6) is 0 Å². The average molecular weight is 311 g/mol. The van der Waals surface area contributed by atoms with Crippen LogP contribution in [0.4, 0.5) is 4.39 Å². The molecule has 0 aliphatic heterocycles. The number of fused-ring (bicyclic) bond motifs is 1. The maximum atomic E-state index is 13.8. The number of aromatic nitrogens is 2. The van der Waals surface area contributed by atoms with Crippen molar-refractivity contribution in [1.82, 2.24) is 9.55 Å². The van der Waals surface area contributed by atoms with Crippen molar-refractivity contribution >= 4 is 22.6 Å². The summed E-state index contributed by atoms with van der Waals surface area (Å²) in [6.45, 7) is 8.47. The SMILES string of the molecule is CCC(CC)C(C)n1c(CCCl)nc2cc(F)c(C)cc21. The van der Waals surface area contributed by atoms with Crippen molar-refractivity contribution in [3.05, 3.63) is 29.3 Å². The maximum Gasteiger partial charge on any atom is 0.128 e. The fourth-order valence-electron chi connectivity index (χ4n) is 3.17. The number of nitrogens with zero attached hydrogens (tertiary/aromatic N) is 2. The molecule has 1 unspecified atom stereocenters. The van der Waals surface area contributed by atoms with E-state index in [1.807, 2.05) is 6.07 Å². The minimum absolute atomic E-state index is 0.195. The summed E-state index contributed by atoms with van der Waals surface area (Å²) in [7, 11) is 0. The number of aryl methyl sites for hydroxylation is 2. The van der Waals surface area contributed by atoms with Crippen LogP contribution in [0.3, 0.4) is 0 Å². The van der Waals surface area contributed by atoms with Gasteiger partial charge in [-0.25, -0.2) is 9.37 Å². The van der Waals surface area contributed by atoms with Crippen molar-refractivity contribution in [3.8, 4) is 0 Å².